The van der Waals surface area contributed by atoms with Gasteiger partial charge in [0, 0.05) is 6.20 Å². The van der Waals surface area contributed by atoms with E-state index in [1.165, 1.54) is 22.9 Å². The number of fused-ring (bicyclic) bond motifs is 4. The second-order valence-corrected chi connectivity index (χ2v) is 7.59. The molecule has 0 amide bonds. The second-order valence-electron chi connectivity index (χ2n) is 7.59. The largest absolute Gasteiger partial charge is 0.486 e. The number of nitrogens with one attached hydrogen (secondary N) is 2. The first kappa shape index (κ1) is 19.2. The lowest BCUT2D eigenvalue weighted by atomic mass is 10.2. The minimum Gasteiger partial charge on any atom is -0.486 e. The molecule has 6 rings (SSSR count). The minimum atomic E-state index is -0.457. The van der Waals surface area contributed by atoms with Gasteiger partial charge in [0.05, 0.1) is 34.7 Å². The molecule has 1 aliphatic heterocycles. The zero-order valence-corrected chi connectivity index (χ0v) is 17.2. The van der Waals surface area contributed by atoms with Crippen molar-refractivity contribution in [1.29, 1.82) is 0 Å². The van der Waals surface area contributed by atoms with Crippen LogP contribution in [0.25, 0.3) is 27.6 Å². The van der Waals surface area contributed by atoms with Crippen molar-refractivity contribution in [1.82, 2.24) is 24.7 Å². The fraction of sp³-hybridized carbons (Fsp3) is 0.130. The number of halogens is 1. The molecule has 1 aliphatic rings. The van der Waals surface area contributed by atoms with Crippen LogP contribution in [0.4, 0.5) is 10.3 Å². The number of aromatic nitrogens is 5. The third kappa shape index (κ3) is 3.32. The van der Waals surface area contributed by atoms with Crippen LogP contribution in [0.3, 0.4) is 0 Å². The number of H-pyrrole nitrogens is 1. The number of aromatic amines is 1. The first-order valence-electron chi connectivity index (χ1n) is 10.3. The molecule has 2 aromatic carbocycles. The van der Waals surface area contributed by atoms with Crippen molar-refractivity contribution in [2.45, 2.75) is 6.10 Å². The molecule has 164 valence electrons. The Bertz CT molecular complexity index is 1560. The van der Waals surface area contributed by atoms with Gasteiger partial charge in [0.2, 0.25) is 5.95 Å². The second kappa shape index (κ2) is 7.59. The number of nitrogens with zero attached hydrogens (tertiary/aromatic N) is 4. The summed E-state index contributed by atoms with van der Waals surface area (Å²) in [4.78, 5) is 22.2. The molecule has 33 heavy (non-hydrogen) atoms. The Hall–Kier alpha value is -4.47. The molecule has 0 radical (unpaired) electrons. The number of hydrogen-bond acceptors (Lipinski definition) is 7. The summed E-state index contributed by atoms with van der Waals surface area (Å²) in [6.45, 7) is 0.761. The number of pyridine rings is 1. The molecule has 0 aliphatic carbocycles. The van der Waals surface area contributed by atoms with Crippen LogP contribution >= 0.6 is 0 Å². The van der Waals surface area contributed by atoms with Gasteiger partial charge in [-0.05, 0) is 30.3 Å². The monoisotopic (exact) mass is 444 g/mol. The van der Waals surface area contributed by atoms with Gasteiger partial charge in [-0.2, -0.15) is 10.1 Å². The maximum atomic E-state index is 13.9. The lowest BCUT2D eigenvalue weighted by Crippen LogP contribution is -2.35. The Kier molecular flexibility index (Phi) is 4.42. The molecule has 3 aromatic heterocycles. The van der Waals surface area contributed by atoms with Gasteiger partial charge < -0.3 is 14.8 Å². The van der Waals surface area contributed by atoms with E-state index in [1.807, 2.05) is 24.3 Å². The van der Waals surface area contributed by atoms with Crippen LogP contribution in [0.2, 0.25) is 0 Å². The van der Waals surface area contributed by atoms with Gasteiger partial charge in [0.1, 0.15) is 18.5 Å². The average Bonchev–Trinajstić information content (AvgIpc) is 3.33. The third-order valence-electron chi connectivity index (χ3n) is 5.44. The standard InChI is InChI=1S/C23H17FN6O3/c24-13-4-3-5-14(8-13)30-21-16(20-17(22(30)31)11-27-29-20)10-26-23(28-21)25-9-15-12-32-18-6-1-2-7-19(18)33-15/h1-8,10-11,15H,9,12H2,(H,27,29)(H,25,26,28). The van der Waals surface area contributed by atoms with Crippen molar-refractivity contribution in [2.24, 2.45) is 0 Å². The SMILES string of the molecule is O=c1c2cn[nH]c2c2cnc(NCC3COc4ccccc4O3)nc2n1-c1cccc(F)c1. The number of ether oxygens (including phenoxy) is 2. The lowest BCUT2D eigenvalue weighted by molar-refractivity contribution is 0.0996. The molecule has 0 saturated carbocycles. The molecule has 0 bridgehead atoms. The van der Waals surface area contributed by atoms with Crippen molar-refractivity contribution < 1.29 is 13.9 Å². The predicted octanol–water partition coefficient (Wildman–Crippen LogP) is 3.05. The molecular formula is C23H17FN6O3. The van der Waals surface area contributed by atoms with Gasteiger partial charge >= 0.3 is 0 Å². The summed E-state index contributed by atoms with van der Waals surface area (Å²) in [7, 11) is 0. The van der Waals surface area contributed by atoms with Crippen LogP contribution < -0.4 is 20.3 Å². The third-order valence-corrected chi connectivity index (χ3v) is 5.44. The van der Waals surface area contributed by atoms with Crippen LogP contribution in [-0.4, -0.2) is 44.0 Å². The van der Waals surface area contributed by atoms with Gasteiger partial charge in [0.15, 0.2) is 17.1 Å². The van der Waals surface area contributed by atoms with Gasteiger partial charge in [-0.1, -0.05) is 18.2 Å². The van der Waals surface area contributed by atoms with E-state index in [0.717, 1.165) is 0 Å². The molecule has 4 heterocycles. The summed E-state index contributed by atoms with van der Waals surface area (Å²) in [6.07, 6.45) is 2.80. The van der Waals surface area contributed by atoms with Gasteiger partial charge in [-0.3, -0.25) is 14.5 Å². The Morgan fingerprint density at radius 3 is 2.88 bits per heavy atom. The maximum absolute atomic E-state index is 13.9. The van der Waals surface area contributed by atoms with E-state index in [4.69, 9.17) is 9.47 Å². The molecule has 9 nitrogen and oxygen atoms in total. The molecule has 0 saturated heterocycles. The minimum absolute atomic E-state index is 0.250. The van der Waals surface area contributed by atoms with E-state index in [-0.39, 0.29) is 11.7 Å². The molecule has 0 spiro atoms. The molecule has 10 heteroatoms. The summed E-state index contributed by atoms with van der Waals surface area (Å²) in [6, 6.07) is 13.3. The van der Waals surface area contributed by atoms with Gasteiger partial charge in [-0.15, -0.1) is 0 Å². The molecule has 5 aromatic rings. The van der Waals surface area contributed by atoms with Crippen LogP contribution in [0, 0.1) is 5.82 Å². The highest BCUT2D eigenvalue weighted by molar-refractivity contribution is 6.02. The van der Waals surface area contributed by atoms with Crippen LogP contribution in [0.5, 0.6) is 11.5 Å². The first-order chi connectivity index (χ1) is 16.2. The van der Waals surface area contributed by atoms with E-state index in [0.29, 0.717) is 58.2 Å². The van der Waals surface area contributed by atoms with E-state index in [1.54, 1.807) is 18.3 Å². The normalized spacial score (nSPS) is 15.1. The predicted molar refractivity (Wildman–Crippen MR) is 120 cm³/mol. The van der Waals surface area contributed by atoms with Crippen molar-refractivity contribution >= 4 is 27.9 Å². The summed E-state index contributed by atoms with van der Waals surface area (Å²) in [5.41, 5.74) is 0.848. The number of anilines is 1. The quantitative estimate of drug-likeness (QED) is 0.439. The molecule has 1 unspecified atom stereocenters. The highest BCUT2D eigenvalue weighted by Gasteiger charge is 2.21. The summed E-state index contributed by atoms with van der Waals surface area (Å²) in [5, 5.41) is 10.9. The fourth-order valence-electron chi connectivity index (χ4n) is 3.90. The zero-order valence-electron chi connectivity index (χ0n) is 17.2. The Labute approximate surface area is 185 Å². The lowest BCUT2D eigenvalue weighted by Gasteiger charge is -2.26. The van der Waals surface area contributed by atoms with Gasteiger partial charge in [0.25, 0.3) is 5.56 Å². The fourth-order valence-corrected chi connectivity index (χ4v) is 3.90. The van der Waals surface area contributed by atoms with E-state index < -0.39 is 5.82 Å². The number of benzene rings is 2. The van der Waals surface area contributed by atoms with Gasteiger partial charge in [-0.25, -0.2) is 9.37 Å². The first-order valence-corrected chi connectivity index (χ1v) is 10.3. The topological polar surface area (TPSA) is 107 Å². The molecule has 2 N–H and O–H groups in total. The van der Waals surface area contributed by atoms with Crippen molar-refractivity contribution in [3.05, 3.63) is 77.1 Å². The summed E-state index contributed by atoms with van der Waals surface area (Å²) in [5.74, 6) is 1.23. The van der Waals surface area contributed by atoms with Crippen molar-refractivity contribution in [3.63, 3.8) is 0 Å². The van der Waals surface area contributed by atoms with E-state index >= 15 is 0 Å². The number of hydrogen-bond donors (Lipinski definition) is 2. The van der Waals surface area contributed by atoms with Crippen molar-refractivity contribution in [2.75, 3.05) is 18.5 Å². The summed E-state index contributed by atoms with van der Waals surface area (Å²) < 4.78 is 27.0. The highest BCUT2D eigenvalue weighted by Crippen LogP contribution is 2.31. The van der Waals surface area contributed by atoms with E-state index in [2.05, 4.69) is 25.5 Å². The zero-order chi connectivity index (χ0) is 22.4. The molecular weight excluding hydrogens is 427 g/mol. The van der Waals surface area contributed by atoms with Crippen LogP contribution in [0.1, 0.15) is 0 Å². The maximum Gasteiger partial charge on any atom is 0.267 e. The Morgan fingerprint density at radius 1 is 1.12 bits per heavy atom. The van der Waals surface area contributed by atoms with Crippen LogP contribution in [-0.2, 0) is 0 Å². The van der Waals surface area contributed by atoms with E-state index in [9.17, 15) is 9.18 Å². The van der Waals surface area contributed by atoms with Crippen LogP contribution in [0.15, 0.2) is 65.7 Å². The number of para-hydroxylation sites is 2. The summed E-state index contributed by atoms with van der Waals surface area (Å²) >= 11 is 0. The average molecular weight is 444 g/mol. The molecule has 0 fully saturated rings. The highest BCUT2D eigenvalue weighted by atomic mass is 19.1. The molecule has 1 atom stereocenters. The Balaban J connectivity index is 1.38. The Morgan fingerprint density at radius 2 is 2.00 bits per heavy atom. The van der Waals surface area contributed by atoms with Crippen molar-refractivity contribution in [3.8, 4) is 17.2 Å². The number of rotatable bonds is 4. The smallest absolute Gasteiger partial charge is 0.267 e.